The van der Waals surface area contributed by atoms with E-state index >= 15 is 0 Å². The molecule has 0 atom stereocenters. The van der Waals surface area contributed by atoms with Gasteiger partial charge in [-0.05, 0) is 6.26 Å². The zero-order valence-electron chi connectivity index (χ0n) is 9.36. The summed E-state index contributed by atoms with van der Waals surface area (Å²) in [5, 5.41) is 0.416. The Hall–Kier alpha value is -1.34. The van der Waals surface area contributed by atoms with E-state index in [0.717, 1.165) is 5.56 Å². The maximum absolute atomic E-state index is 11.5. The van der Waals surface area contributed by atoms with Crippen LogP contribution in [0, 0.1) is 0 Å². The molecule has 0 aromatic heterocycles. The summed E-state index contributed by atoms with van der Waals surface area (Å²) in [6.45, 7) is 0. The van der Waals surface area contributed by atoms with Crippen molar-refractivity contribution in [3.63, 3.8) is 0 Å². The highest BCUT2D eigenvalue weighted by Crippen LogP contribution is 2.18. The molecule has 1 aromatic rings. The Morgan fingerprint density at radius 2 is 1.82 bits per heavy atom. The highest BCUT2D eigenvalue weighted by atomic mass is 32.2. The third-order valence-corrected chi connectivity index (χ3v) is 3.87. The van der Waals surface area contributed by atoms with Gasteiger partial charge in [0.1, 0.15) is 0 Å². The summed E-state index contributed by atoms with van der Waals surface area (Å²) in [6, 6.07) is 9.17. The third-order valence-electron chi connectivity index (χ3n) is 2.21. The summed E-state index contributed by atoms with van der Waals surface area (Å²) in [7, 11) is -2.01. The summed E-state index contributed by atoms with van der Waals surface area (Å²) in [5.74, 6) is 0.393. The van der Waals surface area contributed by atoms with Crippen molar-refractivity contribution in [3.05, 3.63) is 35.9 Å². The molecule has 0 bridgehead atoms. The second-order valence-electron chi connectivity index (χ2n) is 3.37. The van der Waals surface area contributed by atoms with Crippen molar-refractivity contribution >= 4 is 33.0 Å². The fourth-order valence-corrected chi connectivity index (χ4v) is 3.20. The Balaban J connectivity index is 2.52. The molecule has 1 aliphatic heterocycles. The zero-order chi connectivity index (χ0) is 12.5. The number of hydrogen-bond donors (Lipinski definition) is 0. The van der Waals surface area contributed by atoms with Crippen molar-refractivity contribution in [3.8, 4) is 0 Å². The van der Waals surface area contributed by atoms with Crippen LogP contribution in [0.5, 0.6) is 0 Å². The standard InChI is InChI=1S/C10H11N3O2S2/c1-13-9(8-6-4-3-5-7-8)11-17(14,15)12-10(13)16-2/h3-7H,1-2H3. The van der Waals surface area contributed by atoms with Crippen molar-refractivity contribution in [2.24, 2.45) is 8.80 Å². The van der Waals surface area contributed by atoms with Gasteiger partial charge in [-0.15, -0.1) is 8.80 Å². The fourth-order valence-electron chi connectivity index (χ4n) is 1.45. The van der Waals surface area contributed by atoms with Crippen LogP contribution >= 0.6 is 11.8 Å². The second-order valence-corrected chi connectivity index (χ2v) is 5.40. The molecule has 0 spiro atoms. The Morgan fingerprint density at radius 3 is 2.41 bits per heavy atom. The Labute approximate surface area is 104 Å². The molecule has 5 nitrogen and oxygen atoms in total. The summed E-state index contributed by atoms with van der Waals surface area (Å²) in [5.41, 5.74) is 0.750. The average molecular weight is 269 g/mol. The first-order valence-electron chi connectivity index (χ1n) is 4.81. The summed E-state index contributed by atoms with van der Waals surface area (Å²) < 4.78 is 30.3. The molecule has 90 valence electrons. The molecule has 17 heavy (non-hydrogen) atoms. The lowest BCUT2D eigenvalue weighted by atomic mass is 10.2. The van der Waals surface area contributed by atoms with Gasteiger partial charge in [-0.1, -0.05) is 42.1 Å². The highest BCUT2D eigenvalue weighted by molar-refractivity contribution is 8.13. The molecule has 0 N–H and O–H groups in total. The number of amidine groups is 2. The van der Waals surface area contributed by atoms with E-state index in [4.69, 9.17) is 0 Å². The van der Waals surface area contributed by atoms with Crippen molar-refractivity contribution < 1.29 is 8.42 Å². The molecule has 0 aliphatic carbocycles. The van der Waals surface area contributed by atoms with Crippen LogP contribution < -0.4 is 0 Å². The van der Waals surface area contributed by atoms with Gasteiger partial charge in [0.2, 0.25) is 0 Å². The predicted octanol–water partition coefficient (Wildman–Crippen LogP) is 1.34. The van der Waals surface area contributed by atoms with E-state index in [-0.39, 0.29) is 0 Å². The van der Waals surface area contributed by atoms with Gasteiger partial charge in [0.25, 0.3) is 0 Å². The molecule has 0 saturated heterocycles. The maximum Gasteiger partial charge on any atom is 0.367 e. The summed E-state index contributed by atoms with van der Waals surface area (Å²) >= 11 is 1.27. The molecule has 7 heteroatoms. The smallest absolute Gasteiger partial charge is 0.307 e. The lowest BCUT2D eigenvalue weighted by Crippen LogP contribution is -2.36. The van der Waals surface area contributed by atoms with Gasteiger partial charge in [0, 0.05) is 12.6 Å². The molecule has 1 aliphatic rings. The largest absolute Gasteiger partial charge is 0.367 e. The number of thioether (sulfide) groups is 1. The van der Waals surface area contributed by atoms with Crippen LogP contribution in [-0.2, 0) is 10.2 Å². The third kappa shape index (κ3) is 2.50. The van der Waals surface area contributed by atoms with Crippen molar-refractivity contribution in [2.75, 3.05) is 13.3 Å². The van der Waals surface area contributed by atoms with E-state index < -0.39 is 10.2 Å². The van der Waals surface area contributed by atoms with Crippen molar-refractivity contribution in [1.29, 1.82) is 0 Å². The molecule has 0 fully saturated rings. The Kier molecular flexibility index (Phi) is 3.21. The minimum absolute atomic E-state index is 0.393. The Bertz CT molecular complexity index is 579. The van der Waals surface area contributed by atoms with E-state index in [1.54, 1.807) is 18.2 Å². The zero-order valence-corrected chi connectivity index (χ0v) is 11.0. The van der Waals surface area contributed by atoms with Crippen LogP contribution in [0.25, 0.3) is 0 Å². The fraction of sp³-hybridized carbons (Fsp3) is 0.200. The lowest BCUT2D eigenvalue weighted by Gasteiger charge is -2.23. The molecule has 0 saturated carbocycles. The number of rotatable bonds is 1. The van der Waals surface area contributed by atoms with Crippen molar-refractivity contribution in [2.45, 2.75) is 0 Å². The Morgan fingerprint density at radius 1 is 1.18 bits per heavy atom. The first-order valence-corrected chi connectivity index (χ1v) is 7.43. The molecule has 0 radical (unpaired) electrons. The first-order chi connectivity index (χ1) is 8.03. The van der Waals surface area contributed by atoms with E-state index in [1.165, 1.54) is 11.8 Å². The van der Waals surface area contributed by atoms with Gasteiger partial charge >= 0.3 is 10.2 Å². The van der Waals surface area contributed by atoms with Gasteiger partial charge in [0.05, 0.1) is 0 Å². The second kappa shape index (κ2) is 4.50. The number of benzene rings is 1. The van der Waals surface area contributed by atoms with Crippen LogP contribution in [0.1, 0.15) is 5.56 Å². The van der Waals surface area contributed by atoms with Gasteiger partial charge in [-0.2, -0.15) is 8.42 Å². The van der Waals surface area contributed by atoms with Crippen molar-refractivity contribution in [1.82, 2.24) is 4.90 Å². The van der Waals surface area contributed by atoms with Gasteiger partial charge in [0.15, 0.2) is 11.0 Å². The topological polar surface area (TPSA) is 62.1 Å². The molecular formula is C10H11N3O2S2. The SMILES string of the molecule is CSC1=NS(=O)(=O)N=C(c2ccccc2)N1C. The van der Waals surface area contributed by atoms with E-state index in [0.29, 0.717) is 11.0 Å². The predicted molar refractivity (Wildman–Crippen MR) is 70.6 cm³/mol. The average Bonchev–Trinajstić information content (AvgIpc) is 2.33. The summed E-state index contributed by atoms with van der Waals surface area (Å²) in [6.07, 6.45) is 1.78. The van der Waals surface area contributed by atoms with Crippen LogP contribution in [0.4, 0.5) is 0 Å². The molecule has 0 unspecified atom stereocenters. The van der Waals surface area contributed by atoms with E-state index in [2.05, 4.69) is 8.80 Å². The minimum Gasteiger partial charge on any atom is -0.307 e. The quantitative estimate of drug-likeness (QED) is 0.772. The molecule has 1 aromatic carbocycles. The molecular weight excluding hydrogens is 258 g/mol. The van der Waals surface area contributed by atoms with Crippen LogP contribution in [0.3, 0.4) is 0 Å². The van der Waals surface area contributed by atoms with Crippen LogP contribution in [0.15, 0.2) is 39.1 Å². The van der Waals surface area contributed by atoms with Gasteiger partial charge < -0.3 is 4.90 Å². The summed E-state index contributed by atoms with van der Waals surface area (Å²) in [4.78, 5) is 1.67. The van der Waals surface area contributed by atoms with E-state index in [1.807, 2.05) is 30.3 Å². The molecule has 2 rings (SSSR count). The van der Waals surface area contributed by atoms with Crippen LogP contribution in [0.2, 0.25) is 0 Å². The number of hydrogen-bond acceptors (Lipinski definition) is 4. The monoisotopic (exact) mass is 269 g/mol. The van der Waals surface area contributed by atoms with E-state index in [9.17, 15) is 8.42 Å². The van der Waals surface area contributed by atoms with Crippen LogP contribution in [-0.4, -0.2) is 37.6 Å². The van der Waals surface area contributed by atoms with Gasteiger partial charge in [-0.25, -0.2) is 0 Å². The number of nitrogens with zero attached hydrogens (tertiary/aromatic N) is 3. The van der Waals surface area contributed by atoms with Gasteiger partial charge in [-0.3, -0.25) is 0 Å². The lowest BCUT2D eigenvalue weighted by molar-refractivity contribution is 0.595. The maximum atomic E-state index is 11.5. The molecule has 0 amide bonds. The highest BCUT2D eigenvalue weighted by Gasteiger charge is 2.24. The molecule has 1 heterocycles. The minimum atomic E-state index is -3.76. The normalized spacial score (nSPS) is 18.6. The first kappa shape index (κ1) is 12.1.